The average molecular weight is 438 g/mol. The molecule has 0 radical (unpaired) electrons. The number of nitriles is 1. The van der Waals surface area contributed by atoms with Crippen molar-refractivity contribution in [1.29, 1.82) is 5.26 Å². The summed E-state index contributed by atoms with van der Waals surface area (Å²) in [6.07, 6.45) is 7.29. The summed E-state index contributed by atoms with van der Waals surface area (Å²) in [7, 11) is 1.66. The molecule has 5 rings (SSSR count). The highest BCUT2D eigenvalue weighted by Crippen LogP contribution is 2.30. The van der Waals surface area contributed by atoms with Crippen LogP contribution in [0.2, 0.25) is 0 Å². The van der Waals surface area contributed by atoms with Crippen molar-refractivity contribution in [1.82, 2.24) is 24.3 Å². The molecule has 8 nitrogen and oxygen atoms in total. The van der Waals surface area contributed by atoms with Crippen LogP contribution >= 0.6 is 0 Å². The lowest BCUT2D eigenvalue weighted by atomic mass is 10.1. The molecule has 2 aromatic heterocycles. The highest BCUT2D eigenvalue weighted by molar-refractivity contribution is 5.74. The van der Waals surface area contributed by atoms with E-state index in [4.69, 9.17) is 19.7 Å². The van der Waals surface area contributed by atoms with Crippen LogP contribution in [0.3, 0.4) is 0 Å². The number of hydrogen-bond acceptors (Lipinski definition) is 6. The number of ether oxygens (including phenoxy) is 2. The Bertz CT molecular complexity index is 1360. The first-order chi connectivity index (χ1) is 16.2. The molecular formula is C25H22N6O2. The second kappa shape index (κ2) is 8.73. The van der Waals surface area contributed by atoms with Gasteiger partial charge in [-0.15, -0.1) is 0 Å². The standard InChI is InChI=1S/C25H22N6O2/c1-17-15-30(16-27-17)23-19(4-3-5-21(23)32-2)10-11-22-28-25-24(33-13-12-31(25)29-22)20-8-6-18(14-26)7-9-20/h3-11,15-16,24H,12-13H2,1-2H3/b11-10+. The minimum Gasteiger partial charge on any atom is -0.495 e. The number of imidazole rings is 1. The number of methoxy groups -OCH3 is 1. The first-order valence-electron chi connectivity index (χ1n) is 10.6. The number of rotatable bonds is 5. The van der Waals surface area contributed by atoms with Gasteiger partial charge in [0.1, 0.15) is 11.9 Å². The van der Waals surface area contributed by atoms with Crippen LogP contribution in [0.1, 0.15) is 40.1 Å². The number of aryl methyl sites for hydroxylation is 1. The molecule has 33 heavy (non-hydrogen) atoms. The van der Waals surface area contributed by atoms with Crippen LogP contribution in [0.15, 0.2) is 55.0 Å². The van der Waals surface area contributed by atoms with Gasteiger partial charge in [-0.3, -0.25) is 0 Å². The Morgan fingerprint density at radius 1 is 1.18 bits per heavy atom. The fraction of sp³-hybridized carbons (Fsp3) is 0.200. The van der Waals surface area contributed by atoms with E-state index in [-0.39, 0.29) is 6.10 Å². The minimum atomic E-state index is -0.317. The van der Waals surface area contributed by atoms with E-state index in [1.54, 1.807) is 25.6 Å². The highest BCUT2D eigenvalue weighted by atomic mass is 16.5. The van der Waals surface area contributed by atoms with Gasteiger partial charge in [0.25, 0.3) is 0 Å². The predicted octanol–water partition coefficient (Wildman–Crippen LogP) is 3.94. The van der Waals surface area contributed by atoms with Crippen molar-refractivity contribution in [3.05, 3.63) is 89.0 Å². The molecule has 1 aliphatic heterocycles. The van der Waals surface area contributed by atoms with Gasteiger partial charge in [0.15, 0.2) is 11.6 Å². The van der Waals surface area contributed by atoms with E-state index in [1.165, 1.54) is 0 Å². The molecule has 0 spiro atoms. The maximum Gasteiger partial charge on any atom is 0.174 e. The molecule has 0 amide bonds. The number of para-hydroxylation sites is 1. The Hall–Kier alpha value is -4.22. The summed E-state index contributed by atoms with van der Waals surface area (Å²) < 4.78 is 15.4. The molecule has 0 fully saturated rings. The zero-order valence-corrected chi connectivity index (χ0v) is 18.3. The fourth-order valence-electron chi connectivity index (χ4n) is 3.93. The number of fused-ring (bicyclic) bond motifs is 1. The Morgan fingerprint density at radius 3 is 2.76 bits per heavy atom. The number of nitrogens with zero attached hydrogens (tertiary/aromatic N) is 6. The van der Waals surface area contributed by atoms with E-state index in [0.29, 0.717) is 24.5 Å². The molecule has 1 atom stereocenters. The van der Waals surface area contributed by atoms with Crippen molar-refractivity contribution < 1.29 is 9.47 Å². The van der Waals surface area contributed by atoms with Crippen molar-refractivity contribution in [3.63, 3.8) is 0 Å². The zero-order valence-electron chi connectivity index (χ0n) is 18.3. The van der Waals surface area contributed by atoms with Crippen LogP contribution in [0, 0.1) is 18.3 Å². The molecule has 2 aromatic carbocycles. The SMILES string of the molecule is COc1cccc(/C=C/c2nc3n(n2)CCOC3c2ccc(C#N)cc2)c1-n1cnc(C)c1. The van der Waals surface area contributed by atoms with Crippen LogP contribution in [0.5, 0.6) is 5.75 Å². The first kappa shape index (κ1) is 20.7. The summed E-state index contributed by atoms with van der Waals surface area (Å²) in [4.78, 5) is 9.08. The summed E-state index contributed by atoms with van der Waals surface area (Å²) in [5.41, 5.74) is 4.34. The van der Waals surface area contributed by atoms with Crippen LogP contribution in [0.25, 0.3) is 17.8 Å². The Balaban J connectivity index is 1.48. The van der Waals surface area contributed by atoms with Gasteiger partial charge >= 0.3 is 0 Å². The molecule has 0 saturated carbocycles. The first-order valence-corrected chi connectivity index (χ1v) is 10.6. The van der Waals surface area contributed by atoms with Crippen molar-refractivity contribution in [2.24, 2.45) is 0 Å². The Kier molecular flexibility index (Phi) is 5.47. The molecule has 0 N–H and O–H groups in total. The summed E-state index contributed by atoms with van der Waals surface area (Å²) in [6.45, 7) is 3.14. The molecule has 0 aliphatic carbocycles. The van der Waals surface area contributed by atoms with Crippen LogP contribution in [0.4, 0.5) is 0 Å². The predicted molar refractivity (Wildman–Crippen MR) is 123 cm³/mol. The van der Waals surface area contributed by atoms with Crippen molar-refractivity contribution in [2.75, 3.05) is 13.7 Å². The third kappa shape index (κ3) is 4.02. The lowest BCUT2D eigenvalue weighted by Gasteiger charge is -2.23. The topological polar surface area (TPSA) is 90.8 Å². The molecular weight excluding hydrogens is 416 g/mol. The second-order valence-electron chi connectivity index (χ2n) is 7.69. The van der Waals surface area contributed by atoms with Gasteiger partial charge in [-0.2, -0.15) is 10.4 Å². The monoisotopic (exact) mass is 438 g/mol. The van der Waals surface area contributed by atoms with Gasteiger partial charge in [-0.1, -0.05) is 24.3 Å². The molecule has 3 heterocycles. The summed E-state index contributed by atoms with van der Waals surface area (Å²) in [5, 5.41) is 13.7. The second-order valence-corrected chi connectivity index (χ2v) is 7.69. The van der Waals surface area contributed by atoms with Crippen molar-refractivity contribution in [3.8, 4) is 17.5 Å². The van der Waals surface area contributed by atoms with Crippen LogP contribution in [-0.4, -0.2) is 38.0 Å². The minimum absolute atomic E-state index is 0.317. The number of benzene rings is 2. The third-order valence-corrected chi connectivity index (χ3v) is 5.51. The largest absolute Gasteiger partial charge is 0.495 e. The van der Waals surface area contributed by atoms with Gasteiger partial charge < -0.3 is 14.0 Å². The maximum atomic E-state index is 9.05. The van der Waals surface area contributed by atoms with Gasteiger partial charge in [-0.05, 0) is 42.8 Å². The van der Waals surface area contributed by atoms with E-state index in [9.17, 15) is 0 Å². The molecule has 1 unspecified atom stereocenters. The van der Waals surface area contributed by atoms with Crippen molar-refractivity contribution >= 4 is 12.2 Å². The van der Waals surface area contributed by atoms with E-state index < -0.39 is 0 Å². The summed E-state index contributed by atoms with van der Waals surface area (Å²) in [5.74, 6) is 2.10. The van der Waals surface area contributed by atoms with Gasteiger partial charge in [-0.25, -0.2) is 14.6 Å². The Labute approximate surface area is 191 Å². The highest BCUT2D eigenvalue weighted by Gasteiger charge is 2.26. The number of aromatic nitrogens is 5. The fourth-order valence-corrected chi connectivity index (χ4v) is 3.93. The summed E-state index contributed by atoms with van der Waals surface area (Å²) in [6, 6.07) is 15.4. The average Bonchev–Trinajstić information content (AvgIpc) is 3.48. The molecule has 0 saturated heterocycles. The van der Waals surface area contributed by atoms with Gasteiger partial charge in [0.2, 0.25) is 0 Å². The van der Waals surface area contributed by atoms with E-state index in [1.807, 2.05) is 64.9 Å². The zero-order chi connectivity index (χ0) is 22.8. The van der Waals surface area contributed by atoms with Crippen LogP contribution in [-0.2, 0) is 11.3 Å². The molecule has 8 heteroatoms. The quantitative estimate of drug-likeness (QED) is 0.469. The van der Waals surface area contributed by atoms with Gasteiger partial charge in [0, 0.05) is 11.8 Å². The van der Waals surface area contributed by atoms with Gasteiger partial charge in [0.05, 0.1) is 49.6 Å². The van der Waals surface area contributed by atoms with Crippen LogP contribution < -0.4 is 4.74 Å². The summed E-state index contributed by atoms with van der Waals surface area (Å²) >= 11 is 0. The van der Waals surface area contributed by atoms with E-state index in [2.05, 4.69) is 16.2 Å². The maximum absolute atomic E-state index is 9.05. The normalized spacial score (nSPS) is 15.4. The lowest BCUT2D eigenvalue weighted by molar-refractivity contribution is 0.0390. The molecule has 164 valence electrons. The molecule has 0 bridgehead atoms. The van der Waals surface area contributed by atoms with Crippen molar-refractivity contribution in [2.45, 2.75) is 19.6 Å². The van der Waals surface area contributed by atoms with E-state index >= 15 is 0 Å². The lowest BCUT2D eigenvalue weighted by Crippen LogP contribution is -2.23. The Morgan fingerprint density at radius 2 is 2.03 bits per heavy atom. The van der Waals surface area contributed by atoms with E-state index in [0.717, 1.165) is 34.1 Å². The molecule has 4 aromatic rings. The third-order valence-electron chi connectivity index (χ3n) is 5.51. The molecule has 1 aliphatic rings. The smallest absolute Gasteiger partial charge is 0.174 e. The number of hydrogen-bond donors (Lipinski definition) is 0.